The number of aryl methyl sites for hydroxylation is 1. The number of benzene rings is 1. The van der Waals surface area contributed by atoms with Crippen molar-refractivity contribution in [1.29, 1.82) is 0 Å². The molecule has 0 amide bonds. The molecule has 0 fully saturated rings. The van der Waals surface area contributed by atoms with Crippen LogP contribution in [0.2, 0.25) is 0 Å². The van der Waals surface area contributed by atoms with Crippen molar-refractivity contribution in [3.8, 4) is 11.5 Å². The van der Waals surface area contributed by atoms with E-state index in [0.29, 0.717) is 23.8 Å². The number of hydrogen-bond donors (Lipinski definition) is 1. The summed E-state index contributed by atoms with van der Waals surface area (Å²) in [5.74, 6) is 1.35. The van der Waals surface area contributed by atoms with Crippen molar-refractivity contribution < 1.29 is 9.47 Å². The minimum Gasteiger partial charge on any atom is -0.497 e. The molecule has 0 bridgehead atoms. The van der Waals surface area contributed by atoms with Gasteiger partial charge < -0.3 is 15.2 Å². The van der Waals surface area contributed by atoms with Crippen molar-refractivity contribution in [3.05, 3.63) is 36.2 Å². The Morgan fingerprint density at radius 3 is 2.76 bits per heavy atom. The lowest BCUT2D eigenvalue weighted by molar-refractivity contribution is 0.301. The maximum absolute atomic E-state index is 5.84. The Morgan fingerprint density at radius 2 is 2.18 bits per heavy atom. The highest BCUT2D eigenvalue weighted by molar-refractivity contribution is 5.56. The molecule has 0 saturated heterocycles. The van der Waals surface area contributed by atoms with E-state index in [1.54, 1.807) is 23.9 Å². The standard InChI is InChI=1S/C12H15N3O2/c1-15-6-5-9(14-15)8-17-12-4-3-10(16-2)7-11(12)13/h3-7H,8,13H2,1-2H3. The van der Waals surface area contributed by atoms with Gasteiger partial charge in [-0.25, -0.2) is 0 Å². The van der Waals surface area contributed by atoms with Gasteiger partial charge in [-0.1, -0.05) is 0 Å². The molecule has 0 aliphatic heterocycles. The van der Waals surface area contributed by atoms with Crippen molar-refractivity contribution in [2.45, 2.75) is 6.61 Å². The van der Waals surface area contributed by atoms with Crippen LogP contribution < -0.4 is 15.2 Å². The van der Waals surface area contributed by atoms with Gasteiger partial charge in [-0.3, -0.25) is 4.68 Å². The van der Waals surface area contributed by atoms with E-state index in [1.165, 1.54) is 0 Å². The van der Waals surface area contributed by atoms with Crippen LogP contribution in [0, 0.1) is 0 Å². The van der Waals surface area contributed by atoms with E-state index in [-0.39, 0.29) is 0 Å². The maximum atomic E-state index is 5.84. The van der Waals surface area contributed by atoms with Gasteiger partial charge in [0.05, 0.1) is 18.5 Å². The SMILES string of the molecule is COc1ccc(OCc2ccn(C)n2)c(N)c1. The highest BCUT2D eigenvalue weighted by Crippen LogP contribution is 2.26. The lowest BCUT2D eigenvalue weighted by atomic mass is 10.3. The molecular formula is C12H15N3O2. The molecule has 2 N–H and O–H groups in total. The second-order valence-corrected chi connectivity index (χ2v) is 3.67. The molecule has 5 nitrogen and oxygen atoms in total. The fraction of sp³-hybridized carbons (Fsp3) is 0.250. The zero-order valence-electron chi connectivity index (χ0n) is 9.88. The Kier molecular flexibility index (Phi) is 3.18. The summed E-state index contributed by atoms with van der Waals surface area (Å²) in [5, 5.41) is 4.22. The highest BCUT2D eigenvalue weighted by atomic mass is 16.5. The molecule has 2 aromatic rings. The van der Waals surface area contributed by atoms with E-state index in [0.717, 1.165) is 5.69 Å². The molecule has 1 aromatic heterocycles. The van der Waals surface area contributed by atoms with Crippen molar-refractivity contribution in [2.24, 2.45) is 7.05 Å². The predicted octanol–water partition coefficient (Wildman–Crippen LogP) is 1.59. The fourth-order valence-corrected chi connectivity index (χ4v) is 1.48. The van der Waals surface area contributed by atoms with E-state index >= 15 is 0 Å². The lowest BCUT2D eigenvalue weighted by Gasteiger charge is -2.08. The van der Waals surface area contributed by atoms with Crippen LogP contribution in [0.4, 0.5) is 5.69 Å². The maximum Gasteiger partial charge on any atom is 0.143 e. The quantitative estimate of drug-likeness (QED) is 0.814. The van der Waals surface area contributed by atoms with Gasteiger partial charge in [-0.15, -0.1) is 0 Å². The molecule has 90 valence electrons. The molecule has 0 unspecified atom stereocenters. The van der Waals surface area contributed by atoms with E-state index in [1.807, 2.05) is 25.4 Å². The third kappa shape index (κ3) is 2.69. The normalized spacial score (nSPS) is 10.2. The predicted molar refractivity (Wildman–Crippen MR) is 64.9 cm³/mol. The zero-order chi connectivity index (χ0) is 12.3. The molecule has 0 atom stereocenters. The van der Waals surface area contributed by atoms with Crippen LogP contribution in [0.25, 0.3) is 0 Å². The molecule has 5 heteroatoms. The second kappa shape index (κ2) is 4.78. The largest absolute Gasteiger partial charge is 0.497 e. The Bertz CT molecular complexity index is 508. The first-order chi connectivity index (χ1) is 8.19. The van der Waals surface area contributed by atoms with Crippen LogP contribution >= 0.6 is 0 Å². The number of methoxy groups -OCH3 is 1. The monoisotopic (exact) mass is 233 g/mol. The topological polar surface area (TPSA) is 62.3 Å². The molecule has 0 spiro atoms. The number of nitrogen functional groups attached to an aromatic ring is 1. The van der Waals surface area contributed by atoms with E-state index in [9.17, 15) is 0 Å². The van der Waals surface area contributed by atoms with Crippen LogP contribution in [0.3, 0.4) is 0 Å². The summed E-state index contributed by atoms with van der Waals surface area (Å²) >= 11 is 0. The molecule has 17 heavy (non-hydrogen) atoms. The van der Waals surface area contributed by atoms with Gasteiger partial charge in [0.1, 0.15) is 18.1 Å². The summed E-state index contributed by atoms with van der Waals surface area (Å²) in [6.07, 6.45) is 1.87. The first-order valence-corrected chi connectivity index (χ1v) is 5.24. The van der Waals surface area contributed by atoms with Crippen molar-refractivity contribution in [2.75, 3.05) is 12.8 Å². The van der Waals surface area contributed by atoms with E-state index in [2.05, 4.69) is 5.10 Å². The fourth-order valence-electron chi connectivity index (χ4n) is 1.48. The van der Waals surface area contributed by atoms with Crippen LogP contribution in [0.5, 0.6) is 11.5 Å². The van der Waals surface area contributed by atoms with Crippen LogP contribution in [-0.2, 0) is 13.7 Å². The minimum absolute atomic E-state index is 0.400. The van der Waals surface area contributed by atoms with Gasteiger partial charge in [-0.05, 0) is 18.2 Å². The molecule has 0 radical (unpaired) electrons. The smallest absolute Gasteiger partial charge is 0.143 e. The molecule has 0 aliphatic rings. The summed E-state index contributed by atoms with van der Waals surface area (Å²) in [6, 6.07) is 7.23. The minimum atomic E-state index is 0.400. The molecular weight excluding hydrogens is 218 g/mol. The molecule has 1 aromatic carbocycles. The van der Waals surface area contributed by atoms with Gasteiger partial charge in [-0.2, -0.15) is 5.10 Å². The van der Waals surface area contributed by atoms with Crippen LogP contribution in [-0.4, -0.2) is 16.9 Å². The van der Waals surface area contributed by atoms with Gasteiger partial charge >= 0.3 is 0 Å². The van der Waals surface area contributed by atoms with E-state index < -0.39 is 0 Å². The summed E-state index contributed by atoms with van der Waals surface area (Å²) in [4.78, 5) is 0. The van der Waals surface area contributed by atoms with Gasteiger partial charge in [0.15, 0.2) is 0 Å². The first-order valence-electron chi connectivity index (χ1n) is 5.24. The Morgan fingerprint density at radius 1 is 1.35 bits per heavy atom. The third-order valence-electron chi connectivity index (χ3n) is 2.36. The van der Waals surface area contributed by atoms with E-state index in [4.69, 9.17) is 15.2 Å². The number of hydrogen-bond acceptors (Lipinski definition) is 4. The third-order valence-corrected chi connectivity index (χ3v) is 2.36. The van der Waals surface area contributed by atoms with Crippen LogP contribution in [0.15, 0.2) is 30.5 Å². The Balaban J connectivity index is 2.04. The van der Waals surface area contributed by atoms with Gasteiger partial charge in [0.2, 0.25) is 0 Å². The number of ether oxygens (including phenoxy) is 2. The zero-order valence-corrected chi connectivity index (χ0v) is 9.88. The summed E-state index contributed by atoms with van der Waals surface area (Å²) in [7, 11) is 3.47. The van der Waals surface area contributed by atoms with Gasteiger partial charge in [0.25, 0.3) is 0 Å². The number of rotatable bonds is 4. The first kappa shape index (κ1) is 11.3. The highest BCUT2D eigenvalue weighted by Gasteiger charge is 2.04. The summed E-state index contributed by atoms with van der Waals surface area (Å²) < 4.78 is 12.4. The average molecular weight is 233 g/mol. The molecule has 0 aliphatic carbocycles. The lowest BCUT2D eigenvalue weighted by Crippen LogP contribution is -2.00. The Hall–Kier alpha value is -2.17. The second-order valence-electron chi connectivity index (χ2n) is 3.67. The molecule has 0 saturated carbocycles. The van der Waals surface area contributed by atoms with Crippen LogP contribution in [0.1, 0.15) is 5.69 Å². The number of nitrogens with two attached hydrogens (primary N) is 1. The average Bonchev–Trinajstić information content (AvgIpc) is 2.73. The molecule has 1 heterocycles. The molecule has 2 rings (SSSR count). The van der Waals surface area contributed by atoms with Crippen molar-refractivity contribution in [1.82, 2.24) is 9.78 Å². The number of aromatic nitrogens is 2. The van der Waals surface area contributed by atoms with Crippen molar-refractivity contribution >= 4 is 5.69 Å². The summed E-state index contributed by atoms with van der Waals surface area (Å²) in [6.45, 7) is 0.400. The number of nitrogens with zero attached hydrogens (tertiary/aromatic N) is 2. The Labute approximate surface area is 99.8 Å². The summed E-state index contributed by atoms with van der Waals surface area (Å²) in [5.41, 5.74) is 7.26. The van der Waals surface area contributed by atoms with Crippen molar-refractivity contribution in [3.63, 3.8) is 0 Å². The van der Waals surface area contributed by atoms with Gasteiger partial charge in [0, 0.05) is 19.3 Å². The number of anilines is 1.